The lowest BCUT2D eigenvalue weighted by atomic mass is 10.6. The van der Waals surface area contributed by atoms with Crippen LogP contribution in [0.1, 0.15) is 12.8 Å². The molecule has 6 heteroatoms. The van der Waals surface area contributed by atoms with Crippen molar-refractivity contribution in [1.82, 2.24) is 14.3 Å². The summed E-state index contributed by atoms with van der Waals surface area (Å²) >= 11 is 0. The highest BCUT2D eigenvalue weighted by Crippen LogP contribution is 2.20. The van der Waals surface area contributed by atoms with E-state index in [0.717, 1.165) is 12.8 Å². The third kappa shape index (κ3) is 3.60. The molecule has 0 heterocycles. The van der Waals surface area contributed by atoms with Gasteiger partial charge in [0, 0.05) is 26.2 Å². The van der Waals surface area contributed by atoms with Gasteiger partial charge in [0.1, 0.15) is 0 Å². The van der Waals surface area contributed by atoms with Gasteiger partial charge in [-0.3, -0.25) is 0 Å². The maximum absolute atomic E-state index is 11.5. The van der Waals surface area contributed by atoms with Crippen LogP contribution in [-0.4, -0.2) is 45.9 Å². The molecule has 13 heavy (non-hydrogen) atoms. The number of nitrogens with one attached hydrogen (secondary N) is 2. The summed E-state index contributed by atoms with van der Waals surface area (Å²) in [5.41, 5.74) is 0. The summed E-state index contributed by atoms with van der Waals surface area (Å²) < 4.78 is 26.9. The Labute approximate surface area is 79.7 Å². The van der Waals surface area contributed by atoms with Crippen LogP contribution in [-0.2, 0) is 10.2 Å². The average molecular weight is 207 g/mol. The second kappa shape index (κ2) is 4.36. The van der Waals surface area contributed by atoms with Crippen molar-refractivity contribution in [3.05, 3.63) is 0 Å². The minimum absolute atomic E-state index is 0.182. The highest BCUT2D eigenvalue weighted by molar-refractivity contribution is 7.87. The quantitative estimate of drug-likeness (QED) is 0.595. The Morgan fingerprint density at radius 3 is 2.54 bits per heavy atom. The van der Waals surface area contributed by atoms with Crippen LogP contribution in [0.25, 0.3) is 0 Å². The predicted octanol–water partition coefficient (Wildman–Crippen LogP) is -0.866. The van der Waals surface area contributed by atoms with Crippen LogP contribution in [0.2, 0.25) is 0 Å². The highest BCUT2D eigenvalue weighted by atomic mass is 32.2. The number of nitrogens with zero attached hydrogens (tertiary/aromatic N) is 1. The normalized spacial score (nSPS) is 18.1. The van der Waals surface area contributed by atoms with E-state index in [2.05, 4.69) is 10.0 Å². The lowest BCUT2D eigenvalue weighted by Gasteiger charge is -2.16. The van der Waals surface area contributed by atoms with Crippen LogP contribution >= 0.6 is 0 Å². The minimum Gasteiger partial charge on any atom is -0.318 e. The van der Waals surface area contributed by atoms with Crippen molar-refractivity contribution < 1.29 is 8.42 Å². The van der Waals surface area contributed by atoms with E-state index in [0.29, 0.717) is 13.1 Å². The summed E-state index contributed by atoms with van der Waals surface area (Å²) in [5.74, 6) is 0. The van der Waals surface area contributed by atoms with Gasteiger partial charge in [-0.05, 0) is 19.9 Å². The first-order valence-corrected chi connectivity index (χ1v) is 5.88. The zero-order chi connectivity index (χ0) is 9.90. The molecule has 1 aliphatic rings. The standard InChI is InChI=1S/C7H17N3O2S/c1-8-5-6-10(2)13(11,12)9-7-3-4-7/h7-9H,3-6H2,1-2H3. The van der Waals surface area contributed by atoms with Crippen LogP contribution in [0.15, 0.2) is 0 Å². The SMILES string of the molecule is CNCCN(C)S(=O)(=O)NC1CC1. The molecule has 0 bridgehead atoms. The molecule has 78 valence electrons. The van der Waals surface area contributed by atoms with Crippen LogP contribution in [0.5, 0.6) is 0 Å². The van der Waals surface area contributed by atoms with Crippen molar-refractivity contribution in [1.29, 1.82) is 0 Å². The van der Waals surface area contributed by atoms with Gasteiger partial charge in [-0.25, -0.2) is 0 Å². The number of hydrogen-bond donors (Lipinski definition) is 2. The fourth-order valence-corrected chi connectivity index (χ4v) is 2.06. The Balaban J connectivity index is 2.37. The molecular formula is C7H17N3O2S. The fraction of sp³-hybridized carbons (Fsp3) is 1.00. The molecule has 0 amide bonds. The van der Waals surface area contributed by atoms with E-state index in [1.54, 1.807) is 14.1 Å². The molecule has 2 N–H and O–H groups in total. The maximum Gasteiger partial charge on any atom is 0.279 e. The zero-order valence-electron chi connectivity index (χ0n) is 8.08. The first-order valence-electron chi connectivity index (χ1n) is 4.44. The highest BCUT2D eigenvalue weighted by Gasteiger charge is 2.28. The second-order valence-electron chi connectivity index (χ2n) is 3.32. The second-order valence-corrected chi connectivity index (χ2v) is 5.13. The smallest absolute Gasteiger partial charge is 0.279 e. The summed E-state index contributed by atoms with van der Waals surface area (Å²) in [4.78, 5) is 0. The largest absolute Gasteiger partial charge is 0.318 e. The van der Waals surface area contributed by atoms with Gasteiger partial charge in [0.25, 0.3) is 10.2 Å². The topological polar surface area (TPSA) is 61.4 Å². The van der Waals surface area contributed by atoms with Crippen molar-refractivity contribution in [2.24, 2.45) is 0 Å². The van der Waals surface area contributed by atoms with Crippen molar-refractivity contribution in [2.75, 3.05) is 27.2 Å². The van der Waals surface area contributed by atoms with E-state index in [1.165, 1.54) is 4.31 Å². The van der Waals surface area contributed by atoms with Gasteiger partial charge in [0.05, 0.1) is 0 Å². The van der Waals surface area contributed by atoms with Crippen molar-refractivity contribution in [3.8, 4) is 0 Å². The molecule has 0 aromatic rings. The Kier molecular flexibility index (Phi) is 3.66. The van der Waals surface area contributed by atoms with Gasteiger partial charge in [-0.1, -0.05) is 0 Å². The Morgan fingerprint density at radius 2 is 2.08 bits per heavy atom. The van der Waals surface area contributed by atoms with Crippen molar-refractivity contribution in [3.63, 3.8) is 0 Å². The van der Waals surface area contributed by atoms with Gasteiger partial charge >= 0.3 is 0 Å². The molecule has 0 atom stereocenters. The lowest BCUT2D eigenvalue weighted by molar-refractivity contribution is 0.454. The van der Waals surface area contributed by atoms with Gasteiger partial charge in [-0.2, -0.15) is 17.4 Å². The summed E-state index contributed by atoms with van der Waals surface area (Å²) in [7, 11) is 0.160. The molecule has 0 saturated heterocycles. The molecule has 0 aromatic carbocycles. The molecule has 0 unspecified atom stereocenters. The van der Waals surface area contributed by atoms with E-state index >= 15 is 0 Å². The molecule has 0 spiro atoms. The van der Waals surface area contributed by atoms with Crippen molar-refractivity contribution in [2.45, 2.75) is 18.9 Å². The summed E-state index contributed by atoms with van der Waals surface area (Å²) in [5, 5.41) is 2.91. The van der Waals surface area contributed by atoms with E-state index in [-0.39, 0.29) is 6.04 Å². The number of rotatable bonds is 6. The molecule has 1 rings (SSSR count). The first kappa shape index (κ1) is 10.9. The Bertz CT molecular complexity index is 248. The molecule has 0 aromatic heterocycles. The van der Waals surface area contributed by atoms with Crippen LogP contribution < -0.4 is 10.0 Å². The average Bonchev–Trinajstić information content (AvgIpc) is 2.83. The summed E-state index contributed by atoms with van der Waals surface area (Å²) in [6.45, 7) is 1.17. The molecule has 0 radical (unpaired) electrons. The van der Waals surface area contributed by atoms with Crippen molar-refractivity contribution >= 4 is 10.2 Å². The van der Waals surface area contributed by atoms with E-state index < -0.39 is 10.2 Å². The van der Waals surface area contributed by atoms with Crippen LogP contribution in [0, 0.1) is 0 Å². The Morgan fingerprint density at radius 1 is 1.46 bits per heavy atom. The predicted molar refractivity (Wildman–Crippen MR) is 51.6 cm³/mol. The van der Waals surface area contributed by atoms with Crippen LogP contribution in [0.3, 0.4) is 0 Å². The summed E-state index contributed by atoms with van der Waals surface area (Å²) in [6.07, 6.45) is 1.94. The monoisotopic (exact) mass is 207 g/mol. The van der Waals surface area contributed by atoms with E-state index in [1.807, 2.05) is 0 Å². The molecule has 1 saturated carbocycles. The minimum atomic E-state index is -3.23. The van der Waals surface area contributed by atoms with Gasteiger partial charge < -0.3 is 5.32 Å². The molecule has 0 aliphatic heterocycles. The summed E-state index contributed by atoms with van der Waals surface area (Å²) in [6, 6.07) is 0.182. The first-order chi connectivity index (χ1) is 6.06. The lowest BCUT2D eigenvalue weighted by Crippen LogP contribution is -2.41. The van der Waals surface area contributed by atoms with E-state index in [9.17, 15) is 8.42 Å². The van der Waals surface area contributed by atoms with Gasteiger partial charge in [0.2, 0.25) is 0 Å². The van der Waals surface area contributed by atoms with Gasteiger partial charge in [0.15, 0.2) is 0 Å². The molecule has 5 nitrogen and oxygen atoms in total. The molecule has 1 fully saturated rings. The molecular weight excluding hydrogens is 190 g/mol. The third-order valence-corrected chi connectivity index (χ3v) is 3.61. The fourth-order valence-electron chi connectivity index (χ4n) is 0.891. The Hall–Kier alpha value is -0.170. The van der Waals surface area contributed by atoms with Crippen LogP contribution in [0.4, 0.5) is 0 Å². The number of likely N-dealkylation sites (N-methyl/N-ethyl adjacent to an activating group) is 2. The maximum atomic E-state index is 11.5. The van der Waals surface area contributed by atoms with E-state index in [4.69, 9.17) is 0 Å². The van der Waals surface area contributed by atoms with Gasteiger partial charge in [-0.15, -0.1) is 0 Å². The number of hydrogen-bond acceptors (Lipinski definition) is 3. The third-order valence-electron chi connectivity index (χ3n) is 1.98. The zero-order valence-corrected chi connectivity index (χ0v) is 8.89. The molecule has 1 aliphatic carbocycles.